The van der Waals surface area contributed by atoms with Crippen molar-refractivity contribution in [3.05, 3.63) is 24.3 Å². The maximum atomic E-state index is 5.80. The highest BCUT2D eigenvalue weighted by Crippen LogP contribution is 2.19. The Labute approximate surface area is 88.1 Å². The second kappa shape index (κ2) is 4.13. The third-order valence-corrected chi connectivity index (χ3v) is 2.05. The number of nitrogens with two attached hydrogens (primary N) is 1. The number of hydrogen-bond donors (Lipinski definition) is 1. The lowest BCUT2D eigenvalue weighted by Gasteiger charge is -2.05. The molecule has 0 unspecified atom stereocenters. The maximum Gasteiger partial charge on any atom is 0.318 e. The summed E-state index contributed by atoms with van der Waals surface area (Å²) in [7, 11) is 0. The minimum Gasteiger partial charge on any atom is -0.463 e. The van der Waals surface area contributed by atoms with E-state index in [1.165, 1.54) is 0 Å². The first-order valence-corrected chi connectivity index (χ1v) is 4.96. The number of fused-ring (bicyclic) bond motifs is 1. The van der Waals surface area contributed by atoms with Crippen molar-refractivity contribution in [1.29, 1.82) is 0 Å². The van der Waals surface area contributed by atoms with Gasteiger partial charge in [0.1, 0.15) is 5.82 Å². The normalized spacial score (nSPS) is 10.5. The van der Waals surface area contributed by atoms with Crippen LogP contribution < -0.4 is 10.5 Å². The maximum absolute atomic E-state index is 5.80. The number of anilines is 1. The highest BCUT2D eigenvalue weighted by Gasteiger charge is 2.04. The van der Waals surface area contributed by atoms with Gasteiger partial charge in [-0.1, -0.05) is 19.1 Å². The molecule has 0 radical (unpaired) electrons. The Kier molecular flexibility index (Phi) is 2.67. The van der Waals surface area contributed by atoms with Crippen molar-refractivity contribution in [3.63, 3.8) is 0 Å². The number of ether oxygens (including phenoxy) is 1. The van der Waals surface area contributed by atoms with E-state index >= 15 is 0 Å². The molecule has 0 fully saturated rings. The molecule has 2 rings (SSSR count). The molecule has 2 aromatic rings. The first-order valence-electron chi connectivity index (χ1n) is 4.96. The average Bonchev–Trinajstić information content (AvgIpc) is 2.26. The van der Waals surface area contributed by atoms with Crippen molar-refractivity contribution in [2.24, 2.45) is 0 Å². The molecule has 0 saturated heterocycles. The summed E-state index contributed by atoms with van der Waals surface area (Å²) in [6.07, 6.45) is 0.927. The Morgan fingerprint density at radius 3 is 2.87 bits per heavy atom. The fourth-order valence-electron chi connectivity index (χ4n) is 1.34. The molecular weight excluding hydrogens is 190 g/mol. The summed E-state index contributed by atoms with van der Waals surface area (Å²) in [4.78, 5) is 8.34. The first-order chi connectivity index (χ1) is 7.31. The number of para-hydroxylation sites is 1. The largest absolute Gasteiger partial charge is 0.463 e. The van der Waals surface area contributed by atoms with Gasteiger partial charge in [-0.2, -0.15) is 9.97 Å². The van der Waals surface area contributed by atoms with Gasteiger partial charge in [0.05, 0.1) is 12.1 Å². The van der Waals surface area contributed by atoms with Gasteiger partial charge in [-0.15, -0.1) is 0 Å². The molecule has 1 aromatic carbocycles. The van der Waals surface area contributed by atoms with Gasteiger partial charge in [0.15, 0.2) is 0 Å². The number of nitrogens with zero attached hydrogens (tertiary/aromatic N) is 2. The van der Waals surface area contributed by atoms with Crippen LogP contribution in [0.25, 0.3) is 10.9 Å². The second-order valence-corrected chi connectivity index (χ2v) is 3.26. The zero-order valence-electron chi connectivity index (χ0n) is 8.60. The van der Waals surface area contributed by atoms with Crippen molar-refractivity contribution < 1.29 is 4.74 Å². The lowest BCUT2D eigenvalue weighted by molar-refractivity contribution is 0.294. The number of aromatic nitrogens is 2. The summed E-state index contributed by atoms with van der Waals surface area (Å²) in [6, 6.07) is 7.97. The SMILES string of the molecule is CCCOc1nc(N)c2ccccc2n1. The molecular formula is C11H13N3O. The zero-order valence-corrected chi connectivity index (χ0v) is 8.60. The van der Waals surface area contributed by atoms with E-state index in [4.69, 9.17) is 10.5 Å². The van der Waals surface area contributed by atoms with Gasteiger partial charge in [0.2, 0.25) is 0 Å². The first kappa shape index (κ1) is 9.71. The van der Waals surface area contributed by atoms with E-state index < -0.39 is 0 Å². The van der Waals surface area contributed by atoms with Gasteiger partial charge >= 0.3 is 6.01 Å². The predicted octanol–water partition coefficient (Wildman–Crippen LogP) is 2.00. The molecule has 0 aliphatic rings. The summed E-state index contributed by atoms with van der Waals surface area (Å²) < 4.78 is 5.34. The molecule has 0 aliphatic heterocycles. The molecule has 1 aromatic heterocycles. The number of nitrogen functional groups attached to an aromatic ring is 1. The Balaban J connectivity index is 2.43. The Morgan fingerprint density at radius 1 is 1.27 bits per heavy atom. The molecule has 1 heterocycles. The van der Waals surface area contributed by atoms with Crippen molar-refractivity contribution in [3.8, 4) is 6.01 Å². The van der Waals surface area contributed by atoms with Crippen molar-refractivity contribution >= 4 is 16.7 Å². The minimum atomic E-state index is 0.355. The second-order valence-electron chi connectivity index (χ2n) is 3.26. The molecule has 0 amide bonds. The van der Waals surface area contributed by atoms with E-state index in [1.54, 1.807) is 0 Å². The summed E-state index contributed by atoms with van der Waals surface area (Å²) in [5, 5.41) is 0.862. The lowest BCUT2D eigenvalue weighted by Crippen LogP contribution is -2.02. The van der Waals surface area contributed by atoms with Crippen LogP contribution in [0.1, 0.15) is 13.3 Å². The smallest absolute Gasteiger partial charge is 0.318 e. The van der Waals surface area contributed by atoms with Crippen LogP contribution in [0.15, 0.2) is 24.3 Å². The molecule has 0 bridgehead atoms. The van der Waals surface area contributed by atoms with E-state index in [2.05, 4.69) is 9.97 Å². The van der Waals surface area contributed by atoms with E-state index in [9.17, 15) is 0 Å². The molecule has 4 nitrogen and oxygen atoms in total. The van der Waals surface area contributed by atoms with E-state index in [1.807, 2.05) is 31.2 Å². The molecule has 0 atom stereocenters. The predicted molar refractivity (Wildman–Crippen MR) is 59.7 cm³/mol. The minimum absolute atomic E-state index is 0.355. The van der Waals surface area contributed by atoms with Gasteiger partial charge in [0, 0.05) is 5.39 Å². The highest BCUT2D eigenvalue weighted by atomic mass is 16.5. The van der Waals surface area contributed by atoms with Crippen LogP contribution in [0.3, 0.4) is 0 Å². The molecule has 0 aliphatic carbocycles. The Hall–Kier alpha value is -1.84. The van der Waals surface area contributed by atoms with E-state index in [-0.39, 0.29) is 0 Å². The quantitative estimate of drug-likeness (QED) is 0.828. The highest BCUT2D eigenvalue weighted by molar-refractivity contribution is 5.87. The van der Waals surface area contributed by atoms with Gasteiger partial charge in [0.25, 0.3) is 0 Å². The molecule has 2 N–H and O–H groups in total. The monoisotopic (exact) mass is 203 g/mol. The van der Waals surface area contributed by atoms with Crippen molar-refractivity contribution in [2.75, 3.05) is 12.3 Å². The van der Waals surface area contributed by atoms with Crippen LogP contribution in [0.5, 0.6) is 6.01 Å². The zero-order chi connectivity index (χ0) is 10.7. The van der Waals surface area contributed by atoms with Crippen LogP contribution >= 0.6 is 0 Å². The van der Waals surface area contributed by atoms with Crippen molar-refractivity contribution in [2.45, 2.75) is 13.3 Å². The van der Waals surface area contributed by atoms with Crippen molar-refractivity contribution in [1.82, 2.24) is 9.97 Å². The average molecular weight is 203 g/mol. The Morgan fingerprint density at radius 2 is 2.07 bits per heavy atom. The van der Waals surface area contributed by atoms with Crippen LogP contribution in [-0.4, -0.2) is 16.6 Å². The molecule has 78 valence electrons. The van der Waals surface area contributed by atoms with Crippen LogP contribution in [0, 0.1) is 0 Å². The molecule has 0 spiro atoms. The summed E-state index contributed by atoms with van der Waals surface area (Å²) in [5.74, 6) is 0.465. The van der Waals surface area contributed by atoms with Gasteiger partial charge in [-0.25, -0.2) is 0 Å². The lowest BCUT2D eigenvalue weighted by atomic mass is 10.2. The van der Waals surface area contributed by atoms with Gasteiger partial charge in [-0.3, -0.25) is 0 Å². The molecule has 4 heteroatoms. The van der Waals surface area contributed by atoms with E-state index in [0.29, 0.717) is 18.4 Å². The standard InChI is InChI=1S/C11H13N3O/c1-2-7-15-11-13-9-6-4-3-5-8(9)10(12)14-11/h3-6H,2,7H2,1H3,(H2,12,13,14). The number of benzene rings is 1. The van der Waals surface area contributed by atoms with Gasteiger partial charge < -0.3 is 10.5 Å². The van der Waals surface area contributed by atoms with E-state index in [0.717, 1.165) is 17.3 Å². The summed E-state index contributed by atoms with van der Waals surface area (Å²) in [6.45, 7) is 2.64. The summed E-state index contributed by atoms with van der Waals surface area (Å²) >= 11 is 0. The van der Waals surface area contributed by atoms with Crippen LogP contribution in [0.4, 0.5) is 5.82 Å². The fourth-order valence-corrected chi connectivity index (χ4v) is 1.34. The fraction of sp³-hybridized carbons (Fsp3) is 0.273. The molecule has 15 heavy (non-hydrogen) atoms. The molecule has 0 saturated carbocycles. The third kappa shape index (κ3) is 1.98. The third-order valence-electron chi connectivity index (χ3n) is 2.05. The number of hydrogen-bond acceptors (Lipinski definition) is 4. The van der Waals surface area contributed by atoms with Gasteiger partial charge in [-0.05, 0) is 18.6 Å². The van der Waals surface area contributed by atoms with Crippen LogP contribution in [-0.2, 0) is 0 Å². The topological polar surface area (TPSA) is 61.0 Å². The number of rotatable bonds is 3. The Bertz CT molecular complexity index is 470. The van der Waals surface area contributed by atoms with Crippen LogP contribution in [0.2, 0.25) is 0 Å². The summed E-state index contributed by atoms with van der Waals surface area (Å²) in [5.41, 5.74) is 6.61.